The van der Waals surface area contributed by atoms with Crippen molar-refractivity contribution in [2.24, 2.45) is 4.99 Å². The molecule has 1 aliphatic rings. The minimum Gasteiger partial charge on any atom is -0.481 e. The van der Waals surface area contributed by atoms with E-state index in [2.05, 4.69) is 10.3 Å². The van der Waals surface area contributed by atoms with Crippen molar-refractivity contribution in [2.75, 3.05) is 29.5 Å². The van der Waals surface area contributed by atoms with Gasteiger partial charge >= 0.3 is 5.97 Å². The molecule has 254 valence electrons. The SMILES string of the molecule is CC1=Nc2c(cc(-c3cc(C(=O)NCCS(=O)(=O)O)nc(N(C=O)CCCCCC(=O)O)c3)c3sccc23)C1(C)CCCS(=O)(=O)O. The second kappa shape index (κ2) is 14.6. The van der Waals surface area contributed by atoms with Crippen molar-refractivity contribution in [3.8, 4) is 11.1 Å². The largest absolute Gasteiger partial charge is 0.481 e. The highest BCUT2D eigenvalue weighted by Gasteiger charge is 2.38. The number of aliphatic carboxylic acids is 1. The van der Waals surface area contributed by atoms with Gasteiger partial charge in [0.2, 0.25) is 6.41 Å². The van der Waals surface area contributed by atoms with Crippen LogP contribution < -0.4 is 10.2 Å². The van der Waals surface area contributed by atoms with Crippen molar-refractivity contribution in [3.05, 3.63) is 40.9 Å². The summed E-state index contributed by atoms with van der Waals surface area (Å²) in [5, 5.41) is 14.1. The number of carbonyl (C=O) groups excluding carboxylic acids is 2. The number of carbonyl (C=O) groups is 3. The maximum atomic E-state index is 13.2. The topological polar surface area (TPSA) is 221 Å². The standard InChI is InChI=1S/C30H36N4O10S3/c1-19-30(2,9-6-13-46(39,40)41)23-17-22(28-21(8-12-45-28)27(23)32-19)20-15-24(29(38)31-10-14-47(42,43)44)33-25(16-20)34(18-35)11-5-3-4-7-26(36)37/h8,12,15-18H,3-7,9-11,13-14H2,1-2H3,(H,31,38)(H,36,37)(H,39,40,41)(H,42,43,44). The summed E-state index contributed by atoms with van der Waals surface area (Å²) >= 11 is 1.44. The lowest BCUT2D eigenvalue weighted by Gasteiger charge is -2.27. The van der Waals surface area contributed by atoms with Crippen LogP contribution in [0.3, 0.4) is 0 Å². The number of aromatic nitrogens is 1. The van der Waals surface area contributed by atoms with E-state index in [0.29, 0.717) is 43.2 Å². The Labute approximate surface area is 276 Å². The quantitative estimate of drug-likeness (QED) is 0.0883. The normalized spacial score (nSPS) is 16.1. The molecule has 4 N–H and O–H groups in total. The van der Waals surface area contributed by atoms with Crippen LogP contribution in [0.5, 0.6) is 0 Å². The summed E-state index contributed by atoms with van der Waals surface area (Å²) in [6, 6.07) is 7.02. The van der Waals surface area contributed by atoms with Crippen molar-refractivity contribution in [1.82, 2.24) is 10.3 Å². The summed E-state index contributed by atoms with van der Waals surface area (Å²) in [6.45, 7) is 3.63. The van der Waals surface area contributed by atoms with Crippen LogP contribution in [0.2, 0.25) is 0 Å². The molecule has 0 saturated heterocycles. The molecule has 1 aromatic carbocycles. The van der Waals surface area contributed by atoms with E-state index in [0.717, 1.165) is 27.0 Å². The second-order valence-electron chi connectivity index (χ2n) is 11.5. The van der Waals surface area contributed by atoms with Gasteiger partial charge in [0.1, 0.15) is 11.5 Å². The monoisotopic (exact) mass is 708 g/mol. The number of thiophene rings is 1. The van der Waals surface area contributed by atoms with Gasteiger partial charge in [-0.2, -0.15) is 16.8 Å². The van der Waals surface area contributed by atoms with Gasteiger partial charge in [-0.3, -0.25) is 33.4 Å². The molecule has 0 spiro atoms. The first-order valence-corrected chi connectivity index (χ1v) is 18.9. The van der Waals surface area contributed by atoms with Gasteiger partial charge in [-0.25, -0.2) is 4.98 Å². The summed E-state index contributed by atoms with van der Waals surface area (Å²) in [7, 11) is -8.50. The van der Waals surface area contributed by atoms with Crippen LogP contribution in [0.15, 0.2) is 34.6 Å². The second-order valence-corrected chi connectivity index (χ2v) is 15.6. The van der Waals surface area contributed by atoms with Gasteiger partial charge in [-0.15, -0.1) is 11.3 Å². The average Bonchev–Trinajstić information content (AvgIpc) is 3.56. The van der Waals surface area contributed by atoms with Crippen LogP contribution in [0, 0.1) is 0 Å². The average molecular weight is 709 g/mol. The Morgan fingerprint density at radius 3 is 2.43 bits per heavy atom. The fourth-order valence-electron chi connectivity index (χ4n) is 5.57. The van der Waals surface area contributed by atoms with Gasteiger partial charge in [0.25, 0.3) is 26.1 Å². The van der Waals surface area contributed by atoms with Crippen LogP contribution in [0.1, 0.15) is 68.4 Å². The van der Waals surface area contributed by atoms with Crippen molar-refractivity contribution < 1.29 is 45.4 Å². The lowest BCUT2D eigenvalue weighted by Crippen LogP contribution is -2.30. The Bertz CT molecular complexity index is 1940. The molecular weight excluding hydrogens is 673 g/mol. The molecule has 2 amide bonds. The van der Waals surface area contributed by atoms with E-state index in [1.54, 1.807) is 6.07 Å². The third-order valence-corrected chi connectivity index (χ3v) is 10.6. The molecule has 1 aliphatic heterocycles. The van der Waals surface area contributed by atoms with Gasteiger partial charge in [0.15, 0.2) is 0 Å². The number of nitrogens with zero attached hydrogens (tertiary/aromatic N) is 3. The van der Waals surface area contributed by atoms with Crippen LogP contribution in [0.25, 0.3) is 21.2 Å². The van der Waals surface area contributed by atoms with Gasteiger partial charge in [-0.1, -0.05) is 13.3 Å². The number of fused-ring (bicyclic) bond motifs is 3. The minimum absolute atomic E-state index is 0.00420. The molecule has 3 aromatic rings. The molecule has 2 aromatic heterocycles. The van der Waals surface area contributed by atoms with E-state index in [1.807, 2.05) is 31.4 Å². The molecule has 0 saturated carbocycles. The molecule has 0 radical (unpaired) electrons. The van der Waals surface area contributed by atoms with Crippen molar-refractivity contribution >= 4 is 77.2 Å². The molecule has 0 bridgehead atoms. The van der Waals surface area contributed by atoms with Gasteiger partial charge in [0, 0.05) is 46.3 Å². The summed E-state index contributed by atoms with van der Waals surface area (Å²) in [5.41, 5.74) is 2.78. The first-order chi connectivity index (χ1) is 22.0. The van der Waals surface area contributed by atoms with Gasteiger partial charge < -0.3 is 10.4 Å². The first kappa shape index (κ1) is 36.1. The lowest BCUT2D eigenvalue weighted by molar-refractivity contribution is -0.137. The highest BCUT2D eigenvalue weighted by molar-refractivity contribution is 7.86. The van der Waals surface area contributed by atoms with E-state index in [-0.39, 0.29) is 37.4 Å². The molecule has 47 heavy (non-hydrogen) atoms. The number of carboxylic acids is 1. The summed E-state index contributed by atoms with van der Waals surface area (Å²) in [5.74, 6) is -2.62. The summed E-state index contributed by atoms with van der Waals surface area (Å²) < 4.78 is 64.5. The zero-order chi connectivity index (χ0) is 34.6. The predicted molar refractivity (Wildman–Crippen MR) is 179 cm³/mol. The molecule has 14 nitrogen and oxygen atoms in total. The Morgan fingerprint density at radius 2 is 1.77 bits per heavy atom. The lowest BCUT2D eigenvalue weighted by atomic mass is 9.75. The van der Waals surface area contributed by atoms with E-state index < -0.39 is 49.0 Å². The fourth-order valence-corrected chi connectivity index (χ4v) is 7.37. The number of aliphatic imine (C=N–C) groups is 1. The molecule has 1 atom stereocenters. The van der Waals surface area contributed by atoms with Crippen molar-refractivity contribution in [1.29, 1.82) is 0 Å². The van der Waals surface area contributed by atoms with Crippen LogP contribution in [-0.4, -0.2) is 84.6 Å². The predicted octanol–water partition coefficient (Wildman–Crippen LogP) is 4.22. The van der Waals surface area contributed by atoms with Gasteiger partial charge in [0.05, 0.1) is 17.2 Å². The number of rotatable bonds is 17. The summed E-state index contributed by atoms with van der Waals surface area (Å²) in [6.07, 6.45) is 2.56. The third-order valence-electron chi connectivity index (χ3n) is 8.17. The number of hydrogen-bond acceptors (Lipinski definition) is 10. The molecule has 0 fully saturated rings. The molecule has 0 aliphatic carbocycles. The minimum atomic E-state index is -4.34. The molecule has 4 rings (SSSR count). The Balaban J connectivity index is 1.79. The zero-order valence-electron chi connectivity index (χ0n) is 25.8. The number of anilines is 1. The van der Waals surface area contributed by atoms with E-state index in [9.17, 15) is 35.8 Å². The van der Waals surface area contributed by atoms with Crippen molar-refractivity contribution in [2.45, 2.75) is 57.8 Å². The molecule has 3 heterocycles. The maximum absolute atomic E-state index is 13.2. The fraction of sp³-hybridized carbons (Fsp3) is 0.433. The van der Waals surface area contributed by atoms with Crippen molar-refractivity contribution in [3.63, 3.8) is 0 Å². The van der Waals surface area contributed by atoms with E-state index in [1.165, 1.54) is 22.3 Å². The highest BCUT2D eigenvalue weighted by Crippen LogP contribution is 2.50. The number of amides is 2. The first-order valence-electron chi connectivity index (χ1n) is 14.8. The smallest absolute Gasteiger partial charge is 0.303 e. The number of benzene rings is 1. The Morgan fingerprint density at radius 1 is 1.04 bits per heavy atom. The molecule has 17 heteroatoms. The Hall–Kier alpha value is -3.77. The van der Waals surface area contributed by atoms with Crippen LogP contribution in [0.4, 0.5) is 11.5 Å². The number of carboxylic acid groups (broad SMARTS) is 1. The van der Waals surface area contributed by atoms with E-state index in [4.69, 9.17) is 14.7 Å². The summed E-state index contributed by atoms with van der Waals surface area (Å²) in [4.78, 5) is 46.8. The number of hydrogen-bond donors (Lipinski definition) is 4. The number of pyridine rings is 1. The third kappa shape index (κ3) is 8.98. The van der Waals surface area contributed by atoms with Gasteiger partial charge in [-0.05, 0) is 73.4 Å². The zero-order valence-corrected chi connectivity index (χ0v) is 28.3. The van der Waals surface area contributed by atoms with Crippen LogP contribution in [-0.2, 0) is 35.2 Å². The maximum Gasteiger partial charge on any atom is 0.303 e. The Kier molecular flexibility index (Phi) is 11.2. The number of nitrogens with one attached hydrogen (secondary N) is 1. The molecular formula is C30H36N4O10S3. The van der Waals surface area contributed by atoms with Crippen LogP contribution >= 0.6 is 11.3 Å². The molecule has 1 unspecified atom stereocenters. The number of unbranched alkanes of at least 4 members (excludes halogenated alkanes) is 2. The van der Waals surface area contributed by atoms with E-state index >= 15 is 0 Å². The highest BCUT2D eigenvalue weighted by atomic mass is 32.2.